The molecule has 1 saturated carbocycles. The molecular weight excluding hydrogens is 132 g/mol. The minimum absolute atomic E-state index is 0.875. The lowest BCUT2D eigenvalue weighted by Crippen LogP contribution is -2.02. The summed E-state index contributed by atoms with van der Waals surface area (Å²) in [6.45, 7) is 2.06. The number of rotatable bonds is 2. The van der Waals surface area contributed by atoms with E-state index in [9.17, 15) is 0 Å². The van der Waals surface area contributed by atoms with Gasteiger partial charge in [0.05, 0.1) is 0 Å². The van der Waals surface area contributed by atoms with Crippen molar-refractivity contribution in [3.8, 4) is 0 Å². The van der Waals surface area contributed by atoms with Crippen LogP contribution in [0, 0.1) is 5.92 Å². The van der Waals surface area contributed by atoms with Gasteiger partial charge in [0.15, 0.2) is 0 Å². The third kappa shape index (κ3) is 3.41. The molecule has 0 aromatic carbocycles. The fraction of sp³-hybridized carbons (Fsp3) is 0.636. The molecule has 11 heavy (non-hydrogen) atoms. The molecule has 0 heteroatoms. The summed E-state index contributed by atoms with van der Waals surface area (Å²) in [6.07, 6.45) is 15.9. The van der Waals surface area contributed by atoms with Crippen LogP contribution in [-0.4, -0.2) is 0 Å². The molecule has 0 N–H and O–H groups in total. The first-order chi connectivity index (χ1) is 5.43. The molecule has 0 heterocycles. The van der Waals surface area contributed by atoms with Gasteiger partial charge >= 0.3 is 0 Å². The summed E-state index contributed by atoms with van der Waals surface area (Å²) in [7, 11) is 0. The van der Waals surface area contributed by atoms with Gasteiger partial charge in [0.1, 0.15) is 0 Å². The van der Waals surface area contributed by atoms with Crippen molar-refractivity contribution in [2.45, 2.75) is 39.0 Å². The first kappa shape index (κ1) is 8.58. The normalized spacial score (nSPS) is 21.9. The molecule has 1 rings (SSSR count). The van der Waals surface area contributed by atoms with Crippen molar-refractivity contribution in [1.29, 1.82) is 0 Å². The zero-order chi connectivity index (χ0) is 7.94. The maximum Gasteiger partial charge on any atom is -0.0230 e. The smallest absolute Gasteiger partial charge is 0.0230 e. The number of hydrogen-bond acceptors (Lipinski definition) is 0. The van der Waals surface area contributed by atoms with Crippen LogP contribution >= 0.6 is 0 Å². The first-order valence-corrected chi connectivity index (χ1v) is 4.73. The Bertz CT molecular complexity index is 136. The van der Waals surface area contributed by atoms with Crippen molar-refractivity contribution in [3.63, 3.8) is 0 Å². The molecule has 0 bridgehead atoms. The second kappa shape index (κ2) is 5.17. The summed E-state index contributed by atoms with van der Waals surface area (Å²) in [5.41, 5.74) is 0. The summed E-state index contributed by atoms with van der Waals surface area (Å²) >= 11 is 0. The van der Waals surface area contributed by atoms with Gasteiger partial charge in [-0.2, -0.15) is 0 Å². The molecule has 0 aromatic rings. The van der Waals surface area contributed by atoms with E-state index in [2.05, 4.69) is 31.2 Å². The Labute approximate surface area is 70.0 Å². The van der Waals surface area contributed by atoms with Gasteiger partial charge in [-0.25, -0.2) is 0 Å². The van der Waals surface area contributed by atoms with Gasteiger partial charge in [0.2, 0.25) is 0 Å². The maximum absolute atomic E-state index is 2.36. The molecule has 0 nitrogen and oxygen atoms in total. The Morgan fingerprint density at radius 3 is 2.36 bits per heavy atom. The third-order valence-corrected chi connectivity index (χ3v) is 2.34. The van der Waals surface area contributed by atoms with E-state index in [4.69, 9.17) is 0 Å². The van der Waals surface area contributed by atoms with Crippen LogP contribution in [0.3, 0.4) is 0 Å². The van der Waals surface area contributed by atoms with E-state index >= 15 is 0 Å². The van der Waals surface area contributed by atoms with E-state index < -0.39 is 0 Å². The molecule has 0 radical (unpaired) electrons. The van der Waals surface area contributed by atoms with E-state index in [0.717, 1.165) is 5.92 Å². The highest BCUT2D eigenvalue weighted by Crippen LogP contribution is 2.24. The molecule has 0 aliphatic heterocycles. The second-order valence-electron chi connectivity index (χ2n) is 3.31. The molecule has 1 aliphatic carbocycles. The standard InChI is InChI=1S/C11H18/c1-2-3-5-8-11-9-6-4-7-10-11/h2-3,5,8,11H,4,6-7,9-10H2,1H3/b3-2-,8-5+. The van der Waals surface area contributed by atoms with E-state index in [1.807, 2.05) is 0 Å². The van der Waals surface area contributed by atoms with E-state index in [0.29, 0.717) is 0 Å². The Morgan fingerprint density at radius 2 is 1.73 bits per heavy atom. The second-order valence-corrected chi connectivity index (χ2v) is 3.31. The van der Waals surface area contributed by atoms with E-state index in [1.54, 1.807) is 0 Å². The minimum Gasteiger partial charge on any atom is -0.0877 e. The first-order valence-electron chi connectivity index (χ1n) is 4.73. The summed E-state index contributed by atoms with van der Waals surface area (Å²) in [6, 6.07) is 0. The van der Waals surface area contributed by atoms with Gasteiger partial charge in [0, 0.05) is 0 Å². The number of allylic oxidation sites excluding steroid dienone is 4. The van der Waals surface area contributed by atoms with Crippen LogP contribution in [-0.2, 0) is 0 Å². The topological polar surface area (TPSA) is 0 Å². The molecule has 1 aliphatic rings. The minimum atomic E-state index is 0.875. The monoisotopic (exact) mass is 150 g/mol. The van der Waals surface area contributed by atoms with E-state index in [1.165, 1.54) is 32.1 Å². The molecule has 0 atom stereocenters. The van der Waals surface area contributed by atoms with Crippen molar-refractivity contribution in [2.75, 3.05) is 0 Å². The average Bonchev–Trinajstić information content (AvgIpc) is 2.07. The molecule has 0 amide bonds. The molecule has 0 saturated heterocycles. The fourth-order valence-corrected chi connectivity index (χ4v) is 1.66. The van der Waals surface area contributed by atoms with Crippen LogP contribution < -0.4 is 0 Å². The summed E-state index contributed by atoms with van der Waals surface area (Å²) < 4.78 is 0. The fourth-order valence-electron chi connectivity index (χ4n) is 1.66. The lowest BCUT2D eigenvalue weighted by atomic mass is 9.89. The Kier molecular flexibility index (Phi) is 4.03. The number of hydrogen-bond donors (Lipinski definition) is 0. The van der Waals surface area contributed by atoms with Crippen LogP contribution in [0.5, 0.6) is 0 Å². The quantitative estimate of drug-likeness (QED) is 0.526. The Morgan fingerprint density at radius 1 is 1.00 bits per heavy atom. The Hall–Kier alpha value is -0.520. The van der Waals surface area contributed by atoms with Crippen LogP contribution in [0.1, 0.15) is 39.0 Å². The Balaban J connectivity index is 2.23. The summed E-state index contributed by atoms with van der Waals surface area (Å²) in [4.78, 5) is 0. The van der Waals surface area contributed by atoms with Gasteiger partial charge in [-0.15, -0.1) is 0 Å². The van der Waals surface area contributed by atoms with Gasteiger partial charge in [-0.3, -0.25) is 0 Å². The van der Waals surface area contributed by atoms with Gasteiger partial charge in [0.25, 0.3) is 0 Å². The molecule has 0 aromatic heterocycles. The zero-order valence-electron chi connectivity index (χ0n) is 7.42. The van der Waals surface area contributed by atoms with Gasteiger partial charge in [-0.1, -0.05) is 43.6 Å². The largest absolute Gasteiger partial charge is 0.0877 e. The van der Waals surface area contributed by atoms with Crippen molar-refractivity contribution in [2.24, 2.45) is 5.92 Å². The van der Waals surface area contributed by atoms with Crippen LogP contribution in [0.15, 0.2) is 24.3 Å². The highest BCUT2D eigenvalue weighted by molar-refractivity contribution is 5.03. The van der Waals surface area contributed by atoms with E-state index in [-0.39, 0.29) is 0 Å². The summed E-state index contributed by atoms with van der Waals surface area (Å²) in [5, 5.41) is 0. The zero-order valence-corrected chi connectivity index (χ0v) is 7.42. The molecule has 62 valence electrons. The van der Waals surface area contributed by atoms with Crippen LogP contribution in [0.25, 0.3) is 0 Å². The predicted molar refractivity (Wildman–Crippen MR) is 50.5 cm³/mol. The van der Waals surface area contributed by atoms with Crippen LogP contribution in [0.4, 0.5) is 0 Å². The van der Waals surface area contributed by atoms with Crippen LogP contribution in [0.2, 0.25) is 0 Å². The average molecular weight is 150 g/mol. The molecule has 0 unspecified atom stereocenters. The lowest BCUT2D eigenvalue weighted by molar-refractivity contribution is 0.419. The maximum atomic E-state index is 2.36. The third-order valence-electron chi connectivity index (χ3n) is 2.34. The van der Waals surface area contributed by atoms with Gasteiger partial charge in [-0.05, 0) is 25.7 Å². The van der Waals surface area contributed by atoms with Crippen molar-refractivity contribution in [1.82, 2.24) is 0 Å². The molecule has 1 fully saturated rings. The predicted octanol–water partition coefficient (Wildman–Crippen LogP) is 3.70. The lowest BCUT2D eigenvalue weighted by Gasteiger charge is -2.17. The highest BCUT2D eigenvalue weighted by Gasteiger charge is 2.08. The molecular formula is C11H18. The summed E-state index contributed by atoms with van der Waals surface area (Å²) in [5.74, 6) is 0.875. The van der Waals surface area contributed by atoms with Crippen molar-refractivity contribution >= 4 is 0 Å². The SMILES string of the molecule is C/C=C\C=C\C1CCCCC1. The van der Waals surface area contributed by atoms with Gasteiger partial charge < -0.3 is 0 Å². The van der Waals surface area contributed by atoms with Crippen molar-refractivity contribution in [3.05, 3.63) is 24.3 Å². The highest BCUT2D eigenvalue weighted by atomic mass is 14.1. The molecule has 0 spiro atoms. The van der Waals surface area contributed by atoms with Crippen molar-refractivity contribution < 1.29 is 0 Å².